The maximum Gasteiger partial charge on any atom is 0.227 e. The Bertz CT molecular complexity index is 2540. The molecule has 0 atom stereocenters. The third-order valence-electron chi connectivity index (χ3n) is 7.69. The van der Waals surface area contributed by atoms with Gasteiger partial charge < -0.3 is 13.4 Å². The molecule has 0 bridgehead atoms. The van der Waals surface area contributed by atoms with E-state index in [0.29, 0.717) is 62.2 Å². The molecule has 0 saturated heterocycles. The zero-order valence-corrected chi connectivity index (χ0v) is 23.1. The quantitative estimate of drug-likeness (QED) is 0.193. The van der Waals surface area contributed by atoms with Crippen LogP contribution in [-0.4, -0.2) is 14.5 Å². The van der Waals surface area contributed by atoms with Crippen LogP contribution in [-0.2, 0) is 0 Å². The Labute approximate surface area is 254 Å². The zero-order chi connectivity index (χ0) is 30.7. The Morgan fingerprint density at radius 2 is 1.20 bits per heavy atom. The molecular formula is C36H15N7O2. The van der Waals surface area contributed by atoms with Crippen LogP contribution in [0.25, 0.3) is 82.3 Å². The van der Waals surface area contributed by atoms with Crippen LogP contribution in [0.2, 0.25) is 0 Å². The zero-order valence-electron chi connectivity index (χ0n) is 23.1. The molecule has 0 radical (unpaired) electrons. The largest absolute Gasteiger partial charge is 0.436 e. The molecule has 0 N–H and O–H groups in total. The number of nitriles is 2. The van der Waals surface area contributed by atoms with Gasteiger partial charge in [0, 0.05) is 33.2 Å². The predicted octanol–water partition coefficient (Wildman–Crippen LogP) is 9.25. The van der Waals surface area contributed by atoms with Gasteiger partial charge in [-0.05, 0) is 84.9 Å². The molecule has 0 fully saturated rings. The Hall–Kier alpha value is -7.20. The van der Waals surface area contributed by atoms with Crippen LogP contribution in [0.15, 0.2) is 99.8 Å². The van der Waals surface area contributed by atoms with Gasteiger partial charge in [0.2, 0.25) is 11.8 Å². The van der Waals surface area contributed by atoms with Crippen molar-refractivity contribution in [1.82, 2.24) is 14.5 Å². The van der Waals surface area contributed by atoms with E-state index in [4.69, 9.17) is 22.0 Å². The molecule has 0 aliphatic rings. The van der Waals surface area contributed by atoms with E-state index in [-0.39, 0.29) is 0 Å². The topological polar surface area (TPSA) is 113 Å². The predicted molar refractivity (Wildman–Crippen MR) is 169 cm³/mol. The van der Waals surface area contributed by atoms with Crippen LogP contribution in [0, 0.1) is 35.8 Å². The third kappa shape index (κ3) is 4.06. The number of hydrogen-bond acceptors (Lipinski definition) is 6. The lowest BCUT2D eigenvalue weighted by atomic mass is 10.1. The van der Waals surface area contributed by atoms with Crippen LogP contribution in [0.5, 0.6) is 0 Å². The van der Waals surface area contributed by atoms with E-state index in [1.165, 1.54) is 0 Å². The second-order valence-electron chi connectivity index (χ2n) is 10.4. The monoisotopic (exact) mass is 577 g/mol. The summed E-state index contributed by atoms with van der Waals surface area (Å²) in [4.78, 5) is 16.4. The number of aromatic nitrogens is 3. The summed E-state index contributed by atoms with van der Waals surface area (Å²) in [7, 11) is 0. The van der Waals surface area contributed by atoms with Gasteiger partial charge in [-0.1, -0.05) is 6.07 Å². The standard InChI is InChI=1S/C36H15N7O2/c1-39-24-6-10-34-30(17-24)42-36(45-34)23-5-8-32-28(15-23)27-14-22(35-41-29-13-20(18-37)3-9-33(29)44-35)4-7-31(27)43(32)26-12-21(19-38)11-25(16-26)40-2/h3-17H. The summed E-state index contributed by atoms with van der Waals surface area (Å²) >= 11 is 0. The molecule has 0 saturated carbocycles. The van der Waals surface area contributed by atoms with E-state index >= 15 is 0 Å². The van der Waals surface area contributed by atoms with Gasteiger partial charge in [-0.15, -0.1) is 0 Å². The SMILES string of the molecule is [C-]#[N+]c1cc(C#N)cc(-n2c3ccc(-c4nc5cc(C#N)ccc5o4)cc3c3cc(-c4nc5cc([N+]#[C-])ccc5o4)ccc32)c1. The Morgan fingerprint density at radius 1 is 0.600 bits per heavy atom. The first kappa shape index (κ1) is 25.5. The molecule has 8 rings (SSSR count). The summed E-state index contributed by atoms with van der Waals surface area (Å²) in [6.07, 6.45) is 0. The minimum Gasteiger partial charge on any atom is -0.436 e. The molecule has 8 aromatic rings. The van der Waals surface area contributed by atoms with E-state index < -0.39 is 0 Å². The maximum absolute atomic E-state index is 9.69. The number of fused-ring (bicyclic) bond motifs is 5. The van der Waals surface area contributed by atoms with E-state index in [1.54, 1.807) is 54.6 Å². The van der Waals surface area contributed by atoms with E-state index in [1.807, 2.05) is 41.0 Å². The van der Waals surface area contributed by atoms with Crippen LogP contribution in [0.1, 0.15) is 11.1 Å². The van der Waals surface area contributed by atoms with Crippen LogP contribution >= 0.6 is 0 Å². The molecule has 0 aliphatic carbocycles. The summed E-state index contributed by atoms with van der Waals surface area (Å²) < 4.78 is 14.2. The Balaban J connectivity index is 1.38. The molecule has 45 heavy (non-hydrogen) atoms. The minimum atomic E-state index is 0.362. The lowest BCUT2D eigenvalue weighted by molar-refractivity contribution is 0.619. The van der Waals surface area contributed by atoms with Crippen molar-refractivity contribution in [3.05, 3.63) is 125 Å². The number of oxazole rings is 2. The van der Waals surface area contributed by atoms with Crippen molar-refractivity contribution in [2.75, 3.05) is 0 Å². The normalized spacial score (nSPS) is 11.0. The Kier molecular flexibility index (Phi) is 5.49. The van der Waals surface area contributed by atoms with Gasteiger partial charge in [0.05, 0.1) is 47.4 Å². The fraction of sp³-hybridized carbons (Fsp3) is 0. The lowest BCUT2D eigenvalue weighted by Crippen LogP contribution is -1.94. The highest BCUT2D eigenvalue weighted by Gasteiger charge is 2.19. The van der Waals surface area contributed by atoms with Gasteiger partial charge in [0.1, 0.15) is 5.52 Å². The number of hydrogen-bond donors (Lipinski definition) is 0. The first-order chi connectivity index (χ1) is 22.0. The van der Waals surface area contributed by atoms with E-state index in [0.717, 1.165) is 32.9 Å². The average molecular weight is 578 g/mol. The third-order valence-corrected chi connectivity index (χ3v) is 7.69. The molecule has 0 amide bonds. The fourth-order valence-corrected chi connectivity index (χ4v) is 5.65. The summed E-state index contributed by atoms with van der Waals surface area (Å²) in [6, 6.07) is 31.4. The van der Waals surface area contributed by atoms with Gasteiger partial charge in [-0.2, -0.15) is 10.5 Å². The summed E-state index contributed by atoms with van der Waals surface area (Å²) in [5.41, 5.74) is 7.92. The lowest BCUT2D eigenvalue weighted by Gasteiger charge is -2.09. The second kappa shape index (κ2) is 9.68. The molecule has 3 aromatic heterocycles. The van der Waals surface area contributed by atoms with Crippen molar-refractivity contribution >= 4 is 55.4 Å². The van der Waals surface area contributed by atoms with E-state index in [2.05, 4.69) is 31.8 Å². The maximum atomic E-state index is 9.69. The number of rotatable bonds is 3. The molecular weight excluding hydrogens is 562 g/mol. The molecule has 0 spiro atoms. The summed E-state index contributed by atoms with van der Waals surface area (Å²) in [5, 5.41) is 20.7. The molecule has 5 aromatic carbocycles. The molecule has 0 unspecified atom stereocenters. The molecule has 9 heteroatoms. The highest BCUT2D eigenvalue weighted by atomic mass is 16.4. The van der Waals surface area contributed by atoms with Crippen LogP contribution in [0.3, 0.4) is 0 Å². The van der Waals surface area contributed by atoms with Crippen molar-refractivity contribution in [1.29, 1.82) is 10.5 Å². The number of nitrogens with zero attached hydrogens (tertiary/aromatic N) is 7. The van der Waals surface area contributed by atoms with Gasteiger partial charge >= 0.3 is 0 Å². The first-order valence-electron chi connectivity index (χ1n) is 13.7. The van der Waals surface area contributed by atoms with Gasteiger partial charge in [-0.25, -0.2) is 19.7 Å². The first-order valence-corrected chi connectivity index (χ1v) is 13.7. The summed E-state index contributed by atoms with van der Waals surface area (Å²) in [6.45, 7) is 14.9. The van der Waals surface area contributed by atoms with Gasteiger partial charge in [0.25, 0.3) is 0 Å². The van der Waals surface area contributed by atoms with Gasteiger partial charge in [-0.3, -0.25) is 0 Å². The van der Waals surface area contributed by atoms with Crippen molar-refractivity contribution in [2.24, 2.45) is 0 Å². The second-order valence-corrected chi connectivity index (χ2v) is 10.4. The molecule has 3 heterocycles. The molecule has 9 nitrogen and oxygen atoms in total. The molecule has 206 valence electrons. The Morgan fingerprint density at radius 3 is 1.80 bits per heavy atom. The van der Waals surface area contributed by atoms with Crippen LogP contribution < -0.4 is 0 Å². The van der Waals surface area contributed by atoms with Crippen molar-refractivity contribution in [3.63, 3.8) is 0 Å². The van der Waals surface area contributed by atoms with Crippen molar-refractivity contribution < 1.29 is 8.83 Å². The van der Waals surface area contributed by atoms with Crippen molar-refractivity contribution in [3.8, 4) is 40.7 Å². The van der Waals surface area contributed by atoms with Crippen LogP contribution in [0.4, 0.5) is 11.4 Å². The highest BCUT2D eigenvalue weighted by molar-refractivity contribution is 6.11. The van der Waals surface area contributed by atoms with Crippen molar-refractivity contribution in [2.45, 2.75) is 0 Å². The smallest absolute Gasteiger partial charge is 0.227 e. The highest BCUT2D eigenvalue weighted by Crippen LogP contribution is 2.39. The summed E-state index contributed by atoms with van der Waals surface area (Å²) in [5.74, 6) is 0.829. The van der Waals surface area contributed by atoms with Gasteiger partial charge in [0.15, 0.2) is 22.5 Å². The average Bonchev–Trinajstić information content (AvgIpc) is 3.80. The minimum absolute atomic E-state index is 0.362. The van der Waals surface area contributed by atoms with E-state index in [9.17, 15) is 10.5 Å². The molecule has 0 aliphatic heterocycles. The number of benzene rings is 5. The fourth-order valence-electron chi connectivity index (χ4n) is 5.65.